The van der Waals surface area contributed by atoms with E-state index in [1.54, 1.807) is 19.1 Å². The van der Waals surface area contributed by atoms with Crippen LogP contribution in [0.15, 0.2) is 29.1 Å². The number of rotatable bonds is 4. The summed E-state index contributed by atoms with van der Waals surface area (Å²) >= 11 is 2.13. The number of carbonyl (C=O) groups excluding carboxylic acids is 1. The van der Waals surface area contributed by atoms with Crippen molar-refractivity contribution in [1.29, 1.82) is 0 Å². The third-order valence-electron chi connectivity index (χ3n) is 3.18. The van der Waals surface area contributed by atoms with Crippen LogP contribution in [0.4, 0.5) is 0 Å². The molecule has 1 N–H and O–H groups in total. The average molecular weight is 428 g/mol. The highest BCUT2D eigenvalue weighted by atomic mass is 127. The summed E-state index contributed by atoms with van der Waals surface area (Å²) in [6.07, 6.45) is 0.304. The minimum Gasteiger partial charge on any atom is -0.476 e. The van der Waals surface area contributed by atoms with E-state index in [1.165, 1.54) is 4.68 Å². The van der Waals surface area contributed by atoms with E-state index in [0.29, 0.717) is 17.8 Å². The van der Waals surface area contributed by atoms with Gasteiger partial charge in [-0.3, -0.25) is 4.79 Å². The van der Waals surface area contributed by atoms with E-state index in [0.717, 1.165) is 10.7 Å². The molecule has 2 rings (SSSR count). The van der Waals surface area contributed by atoms with E-state index in [2.05, 4.69) is 32.4 Å². The standard InChI is InChI=1S/C15H13IN2O5/c1-3-10-11(15(22)23-2)13(19)12(14(20)21)17-18(10)9-6-4-8(16)5-7-9/h4-7H,3H2,1-2H3,(H,20,21). The first kappa shape index (κ1) is 17.1. The first-order chi connectivity index (χ1) is 10.9. The first-order valence-corrected chi connectivity index (χ1v) is 7.72. The number of nitrogens with zero attached hydrogens (tertiary/aromatic N) is 2. The molecule has 1 aromatic heterocycles. The monoisotopic (exact) mass is 428 g/mol. The fourth-order valence-electron chi connectivity index (χ4n) is 2.14. The summed E-state index contributed by atoms with van der Waals surface area (Å²) in [4.78, 5) is 35.5. The topological polar surface area (TPSA) is 98.5 Å². The highest BCUT2D eigenvalue weighted by Gasteiger charge is 2.26. The van der Waals surface area contributed by atoms with Crippen LogP contribution < -0.4 is 5.43 Å². The second-order valence-electron chi connectivity index (χ2n) is 4.54. The van der Waals surface area contributed by atoms with Crippen molar-refractivity contribution >= 4 is 34.5 Å². The van der Waals surface area contributed by atoms with Crippen LogP contribution in [0.5, 0.6) is 0 Å². The number of methoxy groups -OCH3 is 1. The molecule has 0 spiro atoms. The van der Waals surface area contributed by atoms with E-state index >= 15 is 0 Å². The molecule has 0 unspecified atom stereocenters. The third kappa shape index (κ3) is 3.26. The van der Waals surface area contributed by atoms with Gasteiger partial charge in [-0.05, 0) is 53.3 Å². The van der Waals surface area contributed by atoms with Crippen molar-refractivity contribution in [3.8, 4) is 5.69 Å². The lowest BCUT2D eigenvalue weighted by atomic mass is 10.1. The number of halogens is 1. The highest BCUT2D eigenvalue weighted by Crippen LogP contribution is 2.16. The predicted molar refractivity (Wildman–Crippen MR) is 90.2 cm³/mol. The maximum atomic E-state index is 12.3. The molecule has 0 aliphatic rings. The van der Waals surface area contributed by atoms with Crippen LogP contribution in [-0.4, -0.2) is 33.9 Å². The van der Waals surface area contributed by atoms with Crippen LogP contribution in [-0.2, 0) is 11.2 Å². The second-order valence-corrected chi connectivity index (χ2v) is 5.78. The first-order valence-electron chi connectivity index (χ1n) is 6.64. The van der Waals surface area contributed by atoms with Gasteiger partial charge in [0.15, 0.2) is 0 Å². The Bertz CT molecular complexity index is 827. The number of esters is 1. The summed E-state index contributed by atoms with van der Waals surface area (Å²) < 4.78 is 6.91. The van der Waals surface area contributed by atoms with Gasteiger partial charge in [-0.15, -0.1) is 0 Å². The molecule has 0 aliphatic carbocycles. The number of hydrogen-bond acceptors (Lipinski definition) is 5. The van der Waals surface area contributed by atoms with E-state index in [-0.39, 0.29) is 5.56 Å². The molecule has 1 heterocycles. The molecule has 0 bridgehead atoms. The summed E-state index contributed by atoms with van der Waals surface area (Å²) in [5, 5.41) is 13.1. The number of aromatic carboxylic acids is 1. The Morgan fingerprint density at radius 3 is 2.39 bits per heavy atom. The third-order valence-corrected chi connectivity index (χ3v) is 3.90. The van der Waals surface area contributed by atoms with E-state index < -0.39 is 23.1 Å². The molecule has 0 fully saturated rings. The van der Waals surface area contributed by atoms with Gasteiger partial charge in [-0.2, -0.15) is 5.10 Å². The van der Waals surface area contributed by atoms with Gasteiger partial charge in [0, 0.05) is 3.57 Å². The van der Waals surface area contributed by atoms with Gasteiger partial charge in [-0.25, -0.2) is 14.3 Å². The second kappa shape index (κ2) is 6.90. The molecular formula is C15H13IN2O5. The molecule has 2 aromatic rings. The molecule has 0 saturated heterocycles. The zero-order chi connectivity index (χ0) is 17.1. The number of ether oxygens (including phenoxy) is 1. The van der Waals surface area contributed by atoms with Crippen LogP contribution >= 0.6 is 22.6 Å². The van der Waals surface area contributed by atoms with Crippen molar-refractivity contribution in [2.75, 3.05) is 7.11 Å². The van der Waals surface area contributed by atoms with Crippen molar-refractivity contribution in [2.24, 2.45) is 0 Å². The van der Waals surface area contributed by atoms with Crippen molar-refractivity contribution in [3.05, 3.63) is 55.0 Å². The fraction of sp³-hybridized carbons (Fsp3) is 0.200. The summed E-state index contributed by atoms with van der Waals surface area (Å²) in [6, 6.07) is 7.08. The predicted octanol–water partition coefficient (Wildman–Crippen LogP) is 1.88. The number of aromatic nitrogens is 2. The van der Waals surface area contributed by atoms with Gasteiger partial charge >= 0.3 is 11.9 Å². The van der Waals surface area contributed by atoms with Crippen molar-refractivity contribution in [3.63, 3.8) is 0 Å². The van der Waals surface area contributed by atoms with Crippen LogP contribution in [0.1, 0.15) is 33.5 Å². The molecule has 1 aromatic carbocycles. The van der Waals surface area contributed by atoms with Gasteiger partial charge in [0.25, 0.3) is 0 Å². The maximum absolute atomic E-state index is 12.3. The molecule has 23 heavy (non-hydrogen) atoms. The van der Waals surface area contributed by atoms with Crippen LogP contribution in [0.2, 0.25) is 0 Å². The highest BCUT2D eigenvalue weighted by molar-refractivity contribution is 14.1. The Kier molecular flexibility index (Phi) is 5.14. The molecule has 0 atom stereocenters. The number of carboxylic acid groups (broad SMARTS) is 1. The Hall–Kier alpha value is -2.23. The minimum absolute atomic E-state index is 0.299. The molecule has 0 saturated carbocycles. The minimum atomic E-state index is -1.50. The summed E-state index contributed by atoms with van der Waals surface area (Å²) in [5.74, 6) is -2.38. The quantitative estimate of drug-likeness (QED) is 0.590. The van der Waals surface area contributed by atoms with Crippen molar-refractivity contribution < 1.29 is 19.4 Å². The summed E-state index contributed by atoms with van der Waals surface area (Å²) in [6.45, 7) is 1.74. The Labute approximate surface area is 145 Å². The van der Waals surface area contributed by atoms with Crippen LogP contribution in [0.3, 0.4) is 0 Å². The van der Waals surface area contributed by atoms with E-state index in [9.17, 15) is 19.5 Å². The molecule has 120 valence electrons. The van der Waals surface area contributed by atoms with E-state index in [4.69, 9.17) is 0 Å². The van der Waals surface area contributed by atoms with Crippen molar-refractivity contribution in [1.82, 2.24) is 9.78 Å². The lowest BCUT2D eigenvalue weighted by Gasteiger charge is -2.15. The van der Waals surface area contributed by atoms with Crippen molar-refractivity contribution in [2.45, 2.75) is 13.3 Å². The molecule has 0 aliphatic heterocycles. The fourth-order valence-corrected chi connectivity index (χ4v) is 2.50. The van der Waals surface area contributed by atoms with E-state index in [1.807, 2.05) is 12.1 Å². The van der Waals surface area contributed by atoms with Gasteiger partial charge < -0.3 is 9.84 Å². The van der Waals surface area contributed by atoms with Gasteiger partial charge in [0.1, 0.15) is 5.56 Å². The van der Waals surface area contributed by atoms with Crippen LogP contribution in [0.25, 0.3) is 5.69 Å². The molecule has 7 nitrogen and oxygen atoms in total. The molecule has 8 heteroatoms. The Balaban J connectivity index is 2.87. The zero-order valence-electron chi connectivity index (χ0n) is 12.4. The number of carbonyl (C=O) groups is 2. The average Bonchev–Trinajstić information content (AvgIpc) is 2.54. The SMILES string of the molecule is CCc1c(C(=O)OC)c(=O)c(C(=O)O)nn1-c1ccc(I)cc1. The molecule has 0 amide bonds. The Morgan fingerprint density at radius 2 is 1.91 bits per heavy atom. The van der Waals surface area contributed by atoms with Gasteiger partial charge in [0.2, 0.25) is 11.1 Å². The number of hydrogen-bond donors (Lipinski definition) is 1. The lowest BCUT2D eigenvalue weighted by Crippen LogP contribution is -2.31. The number of carboxylic acids is 1. The van der Waals surface area contributed by atoms with Crippen LogP contribution in [0, 0.1) is 3.57 Å². The normalized spacial score (nSPS) is 10.4. The number of benzene rings is 1. The summed E-state index contributed by atoms with van der Waals surface area (Å²) in [5.41, 5.74) is -1.12. The largest absolute Gasteiger partial charge is 0.476 e. The summed E-state index contributed by atoms with van der Waals surface area (Å²) in [7, 11) is 1.14. The lowest BCUT2D eigenvalue weighted by molar-refractivity contribution is 0.0596. The zero-order valence-corrected chi connectivity index (χ0v) is 14.5. The molecule has 0 radical (unpaired) electrons. The Morgan fingerprint density at radius 1 is 1.30 bits per heavy atom. The smallest absolute Gasteiger partial charge is 0.360 e. The van der Waals surface area contributed by atoms with Gasteiger partial charge in [0.05, 0.1) is 18.5 Å². The molecular weight excluding hydrogens is 415 g/mol. The maximum Gasteiger partial charge on any atom is 0.360 e. The van der Waals surface area contributed by atoms with Gasteiger partial charge in [-0.1, -0.05) is 6.92 Å².